The highest BCUT2D eigenvalue weighted by Gasteiger charge is 2.50. The van der Waals surface area contributed by atoms with E-state index in [1.807, 2.05) is 0 Å². The first-order valence-corrected chi connectivity index (χ1v) is 8.58. The summed E-state index contributed by atoms with van der Waals surface area (Å²) in [5.74, 6) is 6.33. The molecule has 4 fully saturated rings. The first-order chi connectivity index (χ1) is 11.5. The number of carboxylic acid groups (broad SMARTS) is 2. The van der Waals surface area contributed by atoms with Crippen LogP contribution >= 0.6 is 0 Å². The van der Waals surface area contributed by atoms with Crippen LogP contribution in [0.1, 0.15) is 64.8 Å². The van der Waals surface area contributed by atoms with Gasteiger partial charge in [-0.05, 0) is 68.4 Å². The molecule has 4 saturated carbocycles. The average Bonchev–Trinajstić information content (AvgIpc) is 2.51. The zero-order chi connectivity index (χ0) is 16.9. The van der Waals surface area contributed by atoms with E-state index in [1.54, 1.807) is 0 Å². The molecule has 4 nitrogen and oxygen atoms in total. The molecule has 4 aliphatic carbocycles. The van der Waals surface area contributed by atoms with Gasteiger partial charge in [-0.1, -0.05) is 17.9 Å². The number of benzene rings is 1. The Labute approximate surface area is 140 Å². The van der Waals surface area contributed by atoms with Crippen LogP contribution in [0.25, 0.3) is 0 Å². The fourth-order valence-electron chi connectivity index (χ4n) is 5.50. The Morgan fingerprint density at radius 1 is 0.917 bits per heavy atom. The van der Waals surface area contributed by atoms with E-state index in [0.29, 0.717) is 0 Å². The van der Waals surface area contributed by atoms with Crippen molar-refractivity contribution in [2.75, 3.05) is 0 Å². The molecule has 5 rings (SSSR count). The zero-order valence-electron chi connectivity index (χ0n) is 13.4. The summed E-state index contributed by atoms with van der Waals surface area (Å²) in [5.41, 5.74) is 0.0726. The lowest BCUT2D eigenvalue weighted by molar-refractivity contribution is -0.0181. The van der Waals surface area contributed by atoms with Gasteiger partial charge in [-0.3, -0.25) is 0 Å². The lowest BCUT2D eigenvalue weighted by atomic mass is 9.50. The van der Waals surface area contributed by atoms with E-state index >= 15 is 0 Å². The normalized spacial score (nSPS) is 32.9. The fourth-order valence-corrected chi connectivity index (χ4v) is 5.50. The Hall–Kier alpha value is -2.28. The predicted octanol–water partition coefficient (Wildman–Crippen LogP) is 3.65. The summed E-state index contributed by atoms with van der Waals surface area (Å²) < 4.78 is 0. The van der Waals surface area contributed by atoms with Crippen molar-refractivity contribution in [3.05, 3.63) is 34.9 Å². The predicted molar refractivity (Wildman–Crippen MR) is 87.8 cm³/mol. The molecular weight excluding hydrogens is 304 g/mol. The van der Waals surface area contributed by atoms with Crippen LogP contribution in [0.5, 0.6) is 0 Å². The van der Waals surface area contributed by atoms with E-state index in [9.17, 15) is 19.8 Å². The van der Waals surface area contributed by atoms with Gasteiger partial charge in [0.25, 0.3) is 0 Å². The highest BCUT2D eigenvalue weighted by atomic mass is 16.4. The highest BCUT2D eigenvalue weighted by molar-refractivity contribution is 5.98. The van der Waals surface area contributed by atoms with Crippen molar-refractivity contribution in [2.45, 2.75) is 38.5 Å². The number of hydrogen-bond donors (Lipinski definition) is 2. The maximum atomic E-state index is 11.5. The SMILES string of the molecule is O=C(O)c1cccc(C(=O)O)c1C#CC12CC3CC(CC(C3)C1)C2. The second-order valence-electron chi connectivity index (χ2n) is 7.79. The van der Waals surface area contributed by atoms with E-state index in [1.165, 1.54) is 37.5 Å². The van der Waals surface area contributed by atoms with Gasteiger partial charge in [-0.25, -0.2) is 9.59 Å². The van der Waals surface area contributed by atoms with Crippen LogP contribution in [0.15, 0.2) is 18.2 Å². The average molecular weight is 324 g/mol. The van der Waals surface area contributed by atoms with E-state index in [-0.39, 0.29) is 22.1 Å². The van der Waals surface area contributed by atoms with Gasteiger partial charge < -0.3 is 10.2 Å². The molecule has 4 bridgehead atoms. The Kier molecular flexibility index (Phi) is 3.42. The monoisotopic (exact) mass is 324 g/mol. The minimum atomic E-state index is -1.13. The molecule has 2 N–H and O–H groups in total. The first-order valence-electron chi connectivity index (χ1n) is 8.58. The molecular formula is C20H20O4. The number of rotatable bonds is 2. The molecule has 24 heavy (non-hydrogen) atoms. The maximum absolute atomic E-state index is 11.5. The summed E-state index contributed by atoms with van der Waals surface area (Å²) in [4.78, 5) is 22.9. The topological polar surface area (TPSA) is 74.6 Å². The van der Waals surface area contributed by atoms with Crippen LogP contribution in [0.2, 0.25) is 0 Å². The number of hydrogen-bond acceptors (Lipinski definition) is 2. The second-order valence-corrected chi connectivity index (χ2v) is 7.79. The Morgan fingerprint density at radius 2 is 1.38 bits per heavy atom. The molecule has 4 heteroatoms. The van der Waals surface area contributed by atoms with Crippen LogP contribution in [0.3, 0.4) is 0 Å². The van der Waals surface area contributed by atoms with Crippen molar-refractivity contribution >= 4 is 11.9 Å². The van der Waals surface area contributed by atoms with E-state index in [0.717, 1.165) is 37.0 Å². The Bertz CT molecular complexity index is 713. The van der Waals surface area contributed by atoms with Gasteiger partial charge in [0.05, 0.1) is 16.7 Å². The number of aromatic carboxylic acids is 2. The quantitative estimate of drug-likeness (QED) is 0.814. The second kappa shape index (κ2) is 5.37. The fraction of sp³-hybridized carbons (Fsp3) is 0.500. The molecule has 0 aromatic heterocycles. The first kappa shape index (κ1) is 15.3. The molecule has 0 radical (unpaired) electrons. The van der Waals surface area contributed by atoms with Crippen molar-refractivity contribution in [3.63, 3.8) is 0 Å². The Balaban J connectivity index is 1.76. The van der Waals surface area contributed by atoms with Crippen LogP contribution in [0, 0.1) is 35.0 Å². The third-order valence-electron chi connectivity index (χ3n) is 6.02. The van der Waals surface area contributed by atoms with Gasteiger partial charge in [0.15, 0.2) is 0 Å². The van der Waals surface area contributed by atoms with Crippen LogP contribution in [-0.4, -0.2) is 22.2 Å². The highest BCUT2D eigenvalue weighted by Crippen LogP contribution is 2.59. The molecule has 0 unspecified atom stereocenters. The lowest BCUT2D eigenvalue weighted by Gasteiger charge is -2.54. The summed E-state index contributed by atoms with van der Waals surface area (Å²) in [6, 6.07) is 4.32. The third kappa shape index (κ3) is 2.49. The molecule has 1 aromatic rings. The van der Waals surface area contributed by atoms with E-state index in [4.69, 9.17) is 0 Å². The van der Waals surface area contributed by atoms with Gasteiger partial charge in [-0.15, -0.1) is 0 Å². The van der Waals surface area contributed by atoms with E-state index < -0.39 is 11.9 Å². The summed E-state index contributed by atoms with van der Waals surface area (Å²) in [5, 5.41) is 18.7. The number of carboxylic acids is 2. The van der Waals surface area contributed by atoms with Crippen molar-refractivity contribution in [3.8, 4) is 11.8 Å². The number of carbonyl (C=O) groups is 2. The molecule has 0 amide bonds. The maximum Gasteiger partial charge on any atom is 0.336 e. The van der Waals surface area contributed by atoms with Crippen LogP contribution in [-0.2, 0) is 0 Å². The van der Waals surface area contributed by atoms with Gasteiger partial charge >= 0.3 is 11.9 Å². The van der Waals surface area contributed by atoms with Gasteiger partial charge in [0.2, 0.25) is 0 Å². The van der Waals surface area contributed by atoms with Crippen molar-refractivity contribution in [1.82, 2.24) is 0 Å². The minimum absolute atomic E-state index is 0.0212. The van der Waals surface area contributed by atoms with Crippen molar-refractivity contribution < 1.29 is 19.8 Å². The summed E-state index contributed by atoms with van der Waals surface area (Å²) in [7, 11) is 0. The summed E-state index contributed by atoms with van der Waals surface area (Å²) >= 11 is 0. The largest absolute Gasteiger partial charge is 0.478 e. The molecule has 0 saturated heterocycles. The van der Waals surface area contributed by atoms with Crippen LogP contribution < -0.4 is 0 Å². The Morgan fingerprint density at radius 3 is 1.79 bits per heavy atom. The molecule has 124 valence electrons. The lowest BCUT2D eigenvalue weighted by Crippen LogP contribution is -2.45. The standard InChI is InChI=1S/C20H20O4/c21-18(22)16-2-1-3-17(19(23)24)15(16)4-5-20-9-12-6-13(10-20)8-14(7-12)11-20/h1-3,12-14H,6-11H2,(H,21,22)(H,23,24). The van der Waals surface area contributed by atoms with E-state index in [2.05, 4.69) is 11.8 Å². The molecule has 0 spiro atoms. The smallest absolute Gasteiger partial charge is 0.336 e. The molecule has 0 heterocycles. The van der Waals surface area contributed by atoms with Gasteiger partial charge in [0, 0.05) is 5.41 Å². The van der Waals surface area contributed by atoms with Gasteiger partial charge in [-0.2, -0.15) is 0 Å². The molecule has 4 aliphatic rings. The molecule has 0 atom stereocenters. The molecule has 0 aliphatic heterocycles. The summed E-state index contributed by atoms with van der Waals surface area (Å²) in [6.45, 7) is 0. The van der Waals surface area contributed by atoms with Crippen molar-refractivity contribution in [1.29, 1.82) is 0 Å². The summed E-state index contributed by atoms with van der Waals surface area (Å²) in [6.07, 6.45) is 7.20. The third-order valence-corrected chi connectivity index (χ3v) is 6.02. The minimum Gasteiger partial charge on any atom is -0.478 e. The zero-order valence-corrected chi connectivity index (χ0v) is 13.4. The van der Waals surface area contributed by atoms with Crippen LogP contribution in [0.4, 0.5) is 0 Å². The molecule has 1 aromatic carbocycles. The van der Waals surface area contributed by atoms with Crippen molar-refractivity contribution in [2.24, 2.45) is 23.2 Å². The van der Waals surface area contributed by atoms with Gasteiger partial charge in [0.1, 0.15) is 0 Å².